The summed E-state index contributed by atoms with van der Waals surface area (Å²) < 4.78 is 17.2. The number of halogens is 1. The van der Waals surface area contributed by atoms with E-state index in [-0.39, 0.29) is 17.3 Å². The molecule has 0 unspecified atom stereocenters. The molecule has 8 heteroatoms. The van der Waals surface area contributed by atoms with Gasteiger partial charge >= 0.3 is 0 Å². The molecule has 0 atom stereocenters. The van der Waals surface area contributed by atoms with Gasteiger partial charge in [0.15, 0.2) is 10.7 Å². The van der Waals surface area contributed by atoms with Crippen molar-refractivity contribution in [3.05, 3.63) is 59.1 Å². The number of aromatic nitrogens is 4. The number of hydrogen-bond donors (Lipinski definition) is 1. The molecule has 1 amide bonds. The second-order valence-corrected chi connectivity index (χ2v) is 9.51. The predicted molar refractivity (Wildman–Crippen MR) is 116 cm³/mol. The normalized spacial score (nSPS) is 14.4. The smallest absolute Gasteiger partial charge is 0.277 e. The minimum Gasteiger partial charge on any atom is -0.304 e. The maximum absolute atomic E-state index is 13.4. The molecule has 1 fully saturated rings. The number of benzene rings is 1. The van der Waals surface area contributed by atoms with E-state index in [0.29, 0.717) is 23.1 Å². The molecule has 5 rings (SSSR count). The second-order valence-electron chi connectivity index (χ2n) is 8.64. The monoisotopic (exact) mass is 423 g/mol. The predicted octanol–water partition coefficient (Wildman–Crippen LogP) is 5.28. The van der Waals surface area contributed by atoms with Gasteiger partial charge in [0.25, 0.3) is 5.91 Å². The summed E-state index contributed by atoms with van der Waals surface area (Å²) in [4.78, 5) is 18.6. The summed E-state index contributed by atoms with van der Waals surface area (Å²) in [6.07, 6.45) is 4.13. The van der Waals surface area contributed by atoms with Gasteiger partial charge in [0.05, 0.1) is 5.54 Å². The van der Waals surface area contributed by atoms with Gasteiger partial charge in [-0.15, -0.1) is 11.3 Å². The van der Waals surface area contributed by atoms with E-state index in [2.05, 4.69) is 36.2 Å². The lowest BCUT2D eigenvalue weighted by molar-refractivity contribution is 0.102. The average Bonchev–Trinajstić information content (AvgIpc) is 3.12. The Bertz CT molecular complexity index is 1240. The number of anilines is 1. The van der Waals surface area contributed by atoms with E-state index in [0.717, 1.165) is 29.1 Å². The Balaban J connectivity index is 1.53. The molecule has 154 valence electrons. The Kier molecular flexibility index (Phi) is 4.28. The Morgan fingerprint density at radius 2 is 1.97 bits per heavy atom. The average molecular weight is 424 g/mol. The molecule has 0 radical (unpaired) electrons. The van der Waals surface area contributed by atoms with E-state index in [1.807, 2.05) is 26.7 Å². The summed E-state index contributed by atoms with van der Waals surface area (Å²) in [5.41, 5.74) is 2.64. The quantitative estimate of drug-likeness (QED) is 0.485. The van der Waals surface area contributed by atoms with Gasteiger partial charge in [-0.25, -0.2) is 9.37 Å². The van der Waals surface area contributed by atoms with E-state index in [4.69, 9.17) is 0 Å². The highest BCUT2D eigenvalue weighted by molar-refractivity contribution is 7.15. The first-order chi connectivity index (χ1) is 14.3. The highest BCUT2D eigenvalue weighted by atomic mass is 32.1. The van der Waals surface area contributed by atoms with Crippen LogP contribution in [-0.2, 0) is 5.54 Å². The van der Waals surface area contributed by atoms with Crippen LogP contribution in [0.1, 0.15) is 55.7 Å². The number of amides is 1. The first kappa shape index (κ1) is 19.0. The second kappa shape index (κ2) is 6.77. The molecule has 1 aliphatic rings. The van der Waals surface area contributed by atoms with Crippen molar-refractivity contribution in [1.82, 2.24) is 19.2 Å². The lowest BCUT2D eigenvalue weighted by atomic mass is 10.1. The molecule has 0 bridgehead atoms. The van der Waals surface area contributed by atoms with Gasteiger partial charge in [-0.05, 0) is 63.9 Å². The standard InChI is InChI=1S/C22H22FN5OS/c1-22(2,3)28-17(13-4-5-13)12-16(26-28)20(29)25-19-18(14-6-8-15(23)9-7-14)24-21-27(19)10-11-30-21/h6-13H,4-5H2,1-3H3,(H,25,29). The van der Waals surface area contributed by atoms with Crippen molar-refractivity contribution >= 4 is 28.0 Å². The fraction of sp³-hybridized carbons (Fsp3) is 0.318. The lowest BCUT2D eigenvalue weighted by Gasteiger charge is -2.22. The van der Waals surface area contributed by atoms with Crippen LogP contribution in [0.15, 0.2) is 41.9 Å². The van der Waals surface area contributed by atoms with Crippen molar-refractivity contribution in [1.29, 1.82) is 0 Å². The van der Waals surface area contributed by atoms with Gasteiger partial charge in [0, 0.05) is 28.8 Å². The molecule has 1 N–H and O–H groups in total. The molecule has 6 nitrogen and oxygen atoms in total. The van der Waals surface area contributed by atoms with E-state index in [9.17, 15) is 9.18 Å². The fourth-order valence-electron chi connectivity index (χ4n) is 3.60. The summed E-state index contributed by atoms with van der Waals surface area (Å²) in [7, 11) is 0. The fourth-order valence-corrected chi connectivity index (χ4v) is 4.31. The topological polar surface area (TPSA) is 64.2 Å². The lowest BCUT2D eigenvalue weighted by Crippen LogP contribution is -2.26. The first-order valence-electron chi connectivity index (χ1n) is 9.94. The first-order valence-corrected chi connectivity index (χ1v) is 10.8. The van der Waals surface area contributed by atoms with Gasteiger partial charge in [0.2, 0.25) is 0 Å². The minimum absolute atomic E-state index is 0.201. The van der Waals surface area contributed by atoms with Crippen molar-refractivity contribution in [3.8, 4) is 11.3 Å². The molecule has 0 spiro atoms. The molecule has 3 aromatic heterocycles. The Morgan fingerprint density at radius 1 is 1.23 bits per heavy atom. The number of imidazole rings is 1. The largest absolute Gasteiger partial charge is 0.304 e. The van der Waals surface area contributed by atoms with Gasteiger partial charge in [-0.1, -0.05) is 0 Å². The number of fused-ring (bicyclic) bond motifs is 1. The van der Waals surface area contributed by atoms with Crippen LogP contribution in [0.3, 0.4) is 0 Å². The van der Waals surface area contributed by atoms with E-state index in [1.165, 1.54) is 23.5 Å². The number of carbonyl (C=O) groups is 1. The molecule has 0 saturated heterocycles. The van der Waals surface area contributed by atoms with Crippen molar-refractivity contribution in [2.75, 3.05) is 5.32 Å². The van der Waals surface area contributed by atoms with Crippen LogP contribution in [-0.4, -0.2) is 25.1 Å². The molecule has 1 aromatic carbocycles. The molecular weight excluding hydrogens is 401 g/mol. The van der Waals surface area contributed by atoms with Crippen LogP contribution in [0.4, 0.5) is 10.2 Å². The van der Waals surface area contributed by atoms with Crippen LogP contribution < -0.4 is 5.32 Å². The number of nitrogens with one attached hydrogen (secondary N) is 1. The molecule has 4 aromatic rings. The van der Waals surface area contributed by atoms with E-state index in [1.54, 1.807) is 12.1 Å². The molecular formula is C22H22FN5OS. The zero-order valence-electron chi connectivity index (χ0n) is 17.0. The number of rotatable bonds is 4. The molecule has 0 aliphatic heterocycles. The van der Waals surface area contributed by atoms with Gasteiger partial charge < -0.3 is 5.32 Å². The van der Waals surface area contributed by atoms with Gasteiger partial charge in [0.1, 0.15) is 17.3 Å². The zero-order chi connectivity index (χ0) is 21.0. The Labute approximate surface area is 177 Å². The highest BCUT2D eigenvalue weighted by Gasteiger charge is 2.33. The number of thiazole rings is 1. The number of carbonyl (C=O) groups excluding carboxylic acids is 1. The van der Waals surface area contributed by atoms with E-state index >= 15 is 0 Å². The summed E-state index contributed by atoms with van der Waals surface area (Å²) in [5.74, 6) is 0.440. The summed E-state index contributed by atoms with van der Waals surface area (Å²) in [5, 5.41) is 9.54. The Hall–Kier alpha value is -3.00. The van der Waals surface area contributed by atoms with Gasteiger partial charge in [-0.3, -0.25) is 13.9 Å². The van der Waals surface area contributed by atoms with Crippen LogP contribution >= 0.6 is 11.3 Å². The highest BCUT2D eigenvalue weighted by Crippen LogP contribution is 2.42. The third kappa shape index (κ3) is 3.31. The van der Waals surface area contributed by atoms with Gasteiger partial charge in [-0.2, -0.15) is 5.10 Å². The summed E-state index contributed by atoms with van der Waals surface area (Å²) in [6.45, 7) is 6.27. The SMILES string of the molecule is CC(C)(C)n1nc(C(=O)Nc2c(-c3ccc(F)cc3)nc3sccn23)cc1C1CC1. The third-order valence-corrected chi connectivity index (χ3v) is 5.97. The minimum atomic E-state index is -0.314. The molecule has 30 heavy (non-hydrogen) atoms. The van der Waals surface area contributed by atoms with E-state index < -0.39 is 0 Å². The van der Waals surface area contributed by atoms with Crippen LogP contribution in [0, 0.1) is 5.82 Å². The maximum atomic E-state index is 13.4. The maximum Gasteiger partial charge on any atom is 0.277 e. The Morgan fingerprint density at radius 3 is 2.63 bits per heavy atom. The zero-order valence-corrected chi connectivity index (χ0v) is 17.8. The summed E-state index contributed by atoms with van der Waals surface area (Å²) in [6, 6.07) is 8.01. The van der Waals surface area contributed by atoms with Crippen molar-refractivity contribution in [3.63, 3.8) is 0 Å². The van der Waals surface area contributed by atoms with Crippen LogP contribution in [0.5, 0.6) is 0 Å². The molecule has 3 heterocycles. The van der Waals surface area contributed by atoms with Crippen LogP contribution in [0.2, 0.25) is 0 Å². The molecule has 1 aliphatic carbocycles. The van der Waals surface area contributed by atoms with Crippen molar-refractivity contribution in [2.24, 2.45) is 0 Å². The number of hydrogen-bond acceptors (Lipinski definition) is 4. The number of nitrogens with zero attached hydrogens (tertiary/aromatic N) is 4. The van der Waals surface area contributed by atoms with Crippen molar-refractivity contribution < 1.29 is 9.18 Å². The van der Waals surface area contributed by atoms with Crippen molar-refractivity contribution in [2.45, 2.75) is 45.1 Å². The molecule has 1 saturated carbocycles. The summed E-state index contributed by atoms with van der Waals surface area (Å²) >= 11 is 1.47. The van der Waals surface area contributed by atoms with Crippen LogP contribution in [0.25, 0.3) is 16.2 Å². The third-order valence-electron chi connectivity index (χ3n) is 5.21.